The van der Waals surface area contributed by atoms with Crippen molar-refractivity contribution in [1.82, 2.24) is 10.2 Å². The number of hydrogen-bond donors (Lipinski definition) is 2. The molecule has 0 spiro atoms. The van der Waals surface area contributed by atoms with E-state index < -0.39 is 6.10 Å². The van der Waals surface area contributed by atoms with Crippen molar-refractivity contribution < 1.29 is 24.1 Å². The zero-order chi connectivity index (χ0) is 20.2. The molecule has 7 nitrogen and oxygen atoms in total. The van der Waals surface area contributed by atoms with Crippen LogP contribution in [0.4, 0.5) is 0 Å². The van der Waals surface area contributed by atoms with Gasteiger partial charge in [0.15, 0.2) is 11.5 Å². The Bertz CT molecular complexity index is 725. The largest absolute Gasteiger partial charge is 0.489 e. The number of fused-ring (bicyclic) bond motifs is 1. The first kappa shape index (κ1) is 20.7. The number of carbonyl (C=O) groups is 1. The minimum atomic E-state index is -0.471. The highest BCUT2D eigenvalue weighted by Gasteiger charge is 2.30. The molecular weight excluding hydrogens is 396 g/mol. The van der Waals surface area contributed by atoms with E-state index in [9.17, 15) is 9.90 Å². The van der Waals surface area contributed by atoms with Crippen molar-refractivity contribution in [3.63, 3.8) is 0 Å². The number of nitrogens with zero attached hydrogens (tertiary/aromatic N) is 1. The van der Waals surface area contributed by atoms with E-state index in [1.165, 1.54) is 0 Å². The van der Waals surface area contributed by atoms with Crippen LogP contribution in [-0.4, -0.2) is 74.1 Å². The minimum absolute atomic E-state index is 0.0228. The molecule has 0 aliphatic carbocycles. The maximum absolute atomic E-state index is 12.8. The van der Waals surface area contributed by atoms with Gasteiger partial charge in [-0.25, -0.2) is 0 Å². The fraction of sp³-hybridized carbons (Fsp3) is 0.667. The van der Waals surface area contributed by atoms with Gasteiger partial charge in [-0.1, -0.05) is 11.6 Å². The molecule has 1 aromatic rings. The molecule has 2 N–H and O–H groups in total. The van der Waals surface area contributed by atoms with E-state index in [0.717, 1.165) is 45.4 Å². The van der Waals surface area contributed by atoms with Crippen molar-refractivity contribution >= 4 is 17.5 Å². The van der Waals surface area contributed by atoms with Gasteiger partial charge >= 0.3 is 0 Å². The van der Waals surface area contributed by atoms with Gasteiger partial charge in [0.1, 0.15) is 0 Å². The van der Waals surface area contributed by atoms with E-state index in [4.69, 9.17) is 25.8 Å². The molecule has 0 radical (unpaired) electrons. The summed E-state index contributed by atoms with van der Waals surface area (Å²) < 4.78 is 17.1. The highest BCUT2D eigenvalue weighted by Crippen LogP contribution is 2.36. The number of aliphatic hydroxyl groups is 1. The minimum Gasteiger partial charge on any atom is -0.489 e. The maximum Gasteiger partial charge on any atom is 0.255 e. The molecule has 3 aliphatic rings. The first-order valence-corrected chi connectivity index (χ1v) is 10.9. The second-order valence-electron chi connectivity index (χ2n) is 8.05. The van der Waals surface area contributed by atoms with E-state index in [1.54, 1.807) is 12.1 Å². The third-order valence-corrected chi connectivity index (χ3v) is 6.09. The molecule has 0 saturated carbocycles. The number of piperidine rings is 1. The summed E-state index contributed by atoms with van der Waals surface area (Å²) in [6.07, 6.45) is 3.63. The van der Waals surface area contributed by atoms with Crippen LogP contribution in [0.3, 0.4) is 0 Å². The van der Waals surface area contributed by atoms with Gasteiger partial charge in [-0.05, 0) is 31.9 Å². The normalized spacial score (nSPS) is 27.4. The Morgan fingerprint density at radius 3 is 2.86 bits per heavy atom. The second-order valence-corrected chi connectivity index (χ2v) is 8.49. The predicted molar refractivity (Wildman–Crippen MR) is 109 cm³/mol. The molecule has 1 unspecified atom stereocenters. The van der Waals surface area contributed by atoms with Crippen LogP contribution in [0.5, 0.6) is 11.5 Å². The molecule has 4 rings (SSSR count). The lowest BCUT2D eigenvalue weighted by molar-refractivity contribution is -0.00191. The van der Waals surface area contributed by atoms with Crippen molar-refractivity contribution in [3.8, 4) is 11.5 Å². The molecule has 1 amide bonds. The lowest BCUT2D eigenvalue weighted by Gasteiger charge is -2.37. The van der Waals surface area contributed by atoms with Crippen molar-refractivity contribution in [2.45, 2.75) is 37.9 Å². The molecule has 1 aromatic carbocycles. The topological polar surface area (TPSA) is 80.3 Å². The summed E-state index contributed by atoms with van der Waals surface area (Å²) >= 11 is 6.17. The standard InChI is InChI=1S/C21H29ClN2O5/c22-15-9-17(20-19(10-15)28-7-2-8-29-20)21(26)23-11-14-4-5-24(13-18(14)25)12-16-3-1-6-27-16/h9-10,14,16,18,25H,1-8,11-13H2,(H,23,26)/t14-,16?,18+/m0/s1. The average Bonchev–Trinajstić information content (AvgIpc) is 3.09. The fourth-order valence-electron chi connectivity index (χ4n) is 4.25. The van der Waals surface area contributed by atoms with Crippen molar-refractivity contribution in [3.05, 3.63) is 22.7 Å². The average molecular weight is 425 g/mol. The van der Waals surface area contributed by atoms with Gasteiger partial charge in [0.25, 0.3) is 5.91 Å². The van der Waals surface area contributed by atoms with Crippen molar-refractivity contribution in [2.75, 3.05) is 46.0 Å². The number of amides is 1. The van der Waals surface area contributed by atoms with Crippen LogP contribution in [-0.2, 0) is 4.74 Å². The molecule has 3 heterocycles. The smallest absolute Gasteiger partial charge is 0.255 e. The Labute approximate surface area is 176 Å². The lowest BCUT2D eigenvalue weighted by Crippen LogP contribution is -2.49. The fourth-order valence-corrected chi connectivity index (χ4v) is 4.46. The van der Waals surface area contributed by atoms with E-state index in [0.29, 0.717) is 54.5 Å². The van der Waals surface area contributed by atoms with E-state index >= 15 is 0 Å². The highest BCUT2D eigenvalue weighted by atomic mass is 35.5. The molecule has 29 heavy (non-hydrogen) atoms. The first-order valence-electron chi connectivity index (χ1n) is 10.5. The van der Waals surface area contributed by atoms with Gasteiger partial charge in [0.05, 0.1) is 31.0 Å². The summed E-state index contributed by atoms with van der Waals surface area (Å²) in [6.45, 7) is 4.68. The van der Waals surface area contributed by atoms with Gasteiger partial charge in [0.2, 0.25) is 0 Å². The number of halogens is 1. The Balaban J connectivity index is 1.32. The van der Waals surface area contributed by atoms with Crippen LogP contribution in [0, 0.1) is 5.92 Å². The highest BCUT2D eigenvalue weighted by molar-refractivity contribution is 6.31. The number of rotatable bonds is 5. The van der Waals surface area contributed by atoms with Crippen LogP contribution < -0.4 is 14.8 Å². The third-order valence-electron chi connectivity index (χ3n) is 5.87. The summed E-state index contributed by atoms with van der Waals surface area (Å²) in [5.74, 6) is 0.705. The first-order chi connectivity index (χ1) is 14.1. The molecule has 0 bridgehead atoms. The zero-order valence-electron chi connectivity index (χ0n) is 16.6. The number of nitrogens with one attached hydrogen (secondary N) is 1. The third kappa shape index (κ3) is 5.15. The number of ether oxygens (including phenoxy) is 3. The van der Waals surface area contributed by atoms with Crippen LogP contribution >= 0.6 is 11.6 Å². The van der Waals surface area contributed by atoms with Gasteiger partial charge in [-0.3, -0.25) is 9.69 Å². The summed E-state index contributed by atoms with van der Waals surface area (Å²) in [5, 5.41) is 14.0. The van der Waals surface area contributed by atoms with Crippen molar-refractivity contribution in [2.24, 2.45) is 5.92 Å². The molecule has 3 atom stereocenters. The molecule has 2 fully saturated rings. The quantitative estimate of drug-likeness (QED) is 0.753. The monoisotopic (exact) mass is 424 g/mol. The van der Waals surface area contributed by atoms with Crippen LogP contribution in [0.1, 0.15) is 36.0 Å². The molecule has 2 saturated heterocycles. The van der Waals surface area contributed by atoms with E-state index in [-0.39, 0.29) is 11.8 Å². The Morgan fingerprint density at radius 2 is 2.07 bits per heavy atom. The molecular formula is C21H29ClN2O5. The Hall–Kier alpha value is -1.54. The number of carbonyl (C=O) groups excluding carboxylic acids is 1. The van der Waals surface area contributed by atoms with Gasteiger partial charge < -0.3 is 24.6 Å². The summed E-state index contributed by atoms with van der Waals surface area (Å²) in [6, 6.07) is 3.28. The SMILES string of the molecule is O=C(NC[C@@H]1CCN(CC2CCCO2)C[C@H]1O)c1cc(Cl)cc2c1OCCCO2. The maximum atomic E-state index is 12.8. The van der Waals surface area contributed by atoms with Crippen LogP contribution in [0.15, 0.2) is 12.1 Å². The molecule has 160 valence electrons. The molecule has 3 aliphatic heterocycles. The number of β-amino-alcohol motifs (C(OH)–C–C–N with tert-alkyl or cyclic N) is 1. The number of likely N-dealkylation sites (tertiary alicyclic amines) is 1. The zero-order valence-corrected chi connectivity index (χ0v) is 17.3. The lowest BCUT2D eigenvalue weighted by atomic mass is 9.93. The molecule has 0 aromatic heterocycles. The van der Waals surface area contributed by atoms with Gasteiger partial charge in [-0.2, -0.15) is 0 Å². The molecule has 8 heteroatoms. The van der Waals surface area contributed by atoms with E-state index in [2.05, 4.69) is 10.2 Å². The van der Waals surface area contributed by atoms with Crippen LogP contribution in [0.2, 0.25) is 5.02 Å². The van der Waals surface area contributed by atoms with Crippen LogP contribution in [0.25, 0.3) is 0 Å². The summed E-state index contributed by atoms with van der Waals surface area (Å²) in [4.78, 5) is 15.1. The van der Waals surface area contributed by atoms with Gasteiger partial charge in [-0.15, -0.1) is 0 Å². The number of benzene rings is 1. The Morgan fingerprint density at radius 1 is 1.21 bits per heavy atom. The Kier molecular flexibility index (Phi) is 6.80. The second kappa shape index (κ2) is 9.51. The number of hydrogen-bond acceptors (Lipinski definition) is 6. The van der Waals surface area contributed by atoms with E-state index in [1.807, 2.05) is 0 Å². The van der Waals surface area contributed by atoms with Gasteiger partial charge in [0, 0.05) is 49.7 Å². The number of aliphatic hydroxyl groups excluding tert-OH is 1. The van der Waals surface area contributed by atoms with Crippen molar-refractivity contribution in [1.29, 1.82) is 0 Å². The summed E-state index contributed by atoms with van der Waals surface area (Å²) in [7, 11) is 0. The predicted octanol–water partition coefficient (Wildman–Crippen LogP) is 2.09. The summed E-state index contributed by atoms with van der Waals surface area (Å²) in [5.41, 5.74) is 0.375.